The predicted octanol–water partition coefficient (Wildman–Crippen LogP) is 4.38. The van der Waals surface area contributed by atoms with Gasteiger partial charge in [-0.05, 0) is 57.4 Å². The van der Waals surface area contributed by atoms with Crippen LogP contribution in [0.5, 0.6) is 0 Å². The van der Waals surface area contributed by atoms with Crippen LogP contribution in [0, 0.1) is 5.41 Å². The van der Waals surface area contributed by atoms with Gasteiger partial charge in [0, 0.05) is 13.1 Å². The summed E-state index contributed by atoms with van der Waals surface area (Å²) in [4.78, 5) is 14.0. The fourth-order valence-electron chi connectivity index (χ4n) is 3.71. The lowest BCUT2D eigenvalue weighted by Gasteiger charge is -2.51. The van der Waals surface area contributed by atoms with Gasteiger partial charge in [0.2, 0.25) is 0 Å². The van der Waals surface area contributed by atoms with E-state index in [2.05, 4.69) is 12.1 Å². The number of nitrogens with zero attached hydrogens (tertiary/aromatic N) is 1. The average molecular weight is 331 g/mol. The predicted molar refractivity (Wildman–Crippen MR) is 93.7 cm³/mol. The van der Waals surface area contributed by atoms with Crippen LogP contribution in [-0.2, 0) is 16.1 Å². The van der Waals surface area contributed by atoms with E-state index < -0.39 is 5.60 Å². The number of piperidine rings is 1. The molecule has 3 rings (SSSR count). The maximum Gasteiger partial charge on any atom is 0.410 e. The quantitative estimate of drug-likeness (QED) is 0.825. The number of benzene rings is 1. The Kier molecular flexibility index (Phi) is 4.86. The van der Waals surface area contributed by atoms with Gasteiger partial charge in [0.05, 0.1) is 12.7 Å². The molecule has 1 heterocycles. The van der Waals surface area contributed by atoms with Crippen LogP contribution in [0.25, 0.3) is 0 Å². The number of rotatable bonds is 3. The molecule has 1 aliphatic carbocycles. The first-order valence-corrected chi connectivity index (χ1v) is 8.99. The van der Waals surface area contributed by atoms with E-state index in [0.717, 1.165) is 38.8 Å². The lowest BCUT2D eigenvalue weighted by molar-refractivity contribution is -0.110. The van der Waals surface area contributed by atoms with E-state index in [9.17, 15) is 4.79 Å². The Bertz CT molecular complexity index is 548. The minimum Gasteiger partial charge on any atom is -0.444 e. The molecule has 1 aromatic carbocycles. The Morgan fingerprint density at radius 1 is 1.17 bits per heavy atom. The van der Waals surface area contributed by atoms with Crippen LogP contribution in [-0.4, -0.2) is 35.8 Å². The van der Waals surface area contributed by atoms with E-state index in [4.69, 9.17) is 9.47 Å². The van der Waals surface area contributed by atoms with Crippen LogP contribution >= 0.6 is 0 Å². The smallest absolute Gasteiger partial charge is 0.410 e. The molecule has 0 radical (unpaired) electrons. The van der Waals surface area contributed by atoms with Crippen molar-refractivity contribution >= 4 is 6.09 Å². The summed E-state index contributed by atoms with van der Waals surface area (Å²) in [6.45, 7) is 8.05. The van der Waals surface area contributed by atoms with Crippen molar-refractivity contribution in [1.82, 2.24) is 4.90 Å². The van der Waals surface area contributed by atoms with Crippen molar-refractivity contribution in [2.75, 3.05) is 13.1 Å². The molecule has 1 aliphatic heterocycles. The summed E-state index contributed by atoms with van der Waals surface area (Å²) in [6.07, 6.45) is 4.59. The Labute approximate surface area is 145 Å². The summed E-state index contributed by atoms with van der Waals surface area (Å²) in [5, 5.41) is 0. The molecular formula is C20H29NO3. The van der Waals surface area contributed by atoms with E-state index in [-0.39, 0.29) is 6.09 Å². The Morgan fingerprint density at radius 2 is 1.79 bits per heavy atom. The van der Waals surface area contributed by atoms with Crippen LogP contribution in [0.3, 0.4) is 0 Å². The van der Waals surface area contributed by atoms with Gasteiger partial charge in [-0.1, -0.05) is 30.3 Å². The second-order valence-corrected chi connectivity index (χ2v) is 8.29. The van der Waals surface area contributed by atoms with Crippen LogP contribution < -0.4 is 0 Å². The molecule has 24 heavy (non-hydrogen) atoms. The van der Waals surface area contributed by atoms with Gasteiger partial charge in [0.15, 0.2) is 0 Å². The maximum absolute atomic E-state index is 12.1. The molecule has 2 aliphatic rings. The molecule has 0 N–H and O–H groups in total. The van der Waals surface area contributed by atoms with Crippen LogP contribution in [0.4, 0.5) is 4.79 Å². The zero-order chi connectivity index (χ0) is 17.2. The number of carbonyl (C=O) groups excluding carboxylic acids is 1. The molecule has 1 amide bonds. The number of hydrogen-bond donors (Lipinski definition) is 0. The van der Waals surface area contributed by atoms with Gasteiger partial charge in [-0.15, -0.1) is 0 Å². The van der Waals surface area contributed by atoms with Crippen molar-refractivity contribution in [3.8, 4) is 0 Å². The molecule has 0 atom stereocenters. The van der Waals surface area contributed by atoms with Crippen molar-refractivity contribution in [3.63, 3.8) is 0 Å². The van der Waals surface area contributed by atoms with Crippen molar-refractivity contribution in [1.29, 1.82) is 0 Å². The molecule has 0 aromatic heterocycles. The van der Waals surface area contributed by atoms with Crippen molar-refractivity contribution < 1.29 is 14.3 Å². The molecule has 1 saturated heterocycles. The van der Waals surface area contributed by atoms with E-state index in [0.29, 0.717) is 18.1 Å². The SMILES string of the molecule is CC(C)(C)OC(=O)N1CCC2(CC1)CC(OCc1ccccc1)C2. The van der Waals surface area contributed by atoms with Crippen molar-refractivity contribution in [3.05, 3.63) is 35.9 Å². The zero-order valence-electron chi connectivity index (χ0n) is 15.1. The van der Waals surface area contributed by atoms with Crippen molar-refractivity contribution in [2.24, 2.45) is 5.41 Å². The molecular weight excluding hydrogens is 302 g/mol. The first-order chi connectivity index (χ1) is 11.4. The van der Waals surface area contributed by atoms with Gasteiger partial charge in [-0.3, -0.25) is 0 Å². The molecule has 4 nitrogen and oxygen atoms in total. The average Bonchev–Trinajstić information content (AvgIpc) is 2.50. The lowest BCUT2D eigenvalue weighted by atomic mass is 9.61. The van der Waals surface area contributed by atoms with Crippen molar-refractivity contribution in [2.45, 2.75) is 64.8 Å². The summed E-state index contributed by atoms with van der Waals surface area (Å²) in [5.41, 5.74) is 1.21. The van der Waals surface area contributed by atoms with Gasteiger partial charge < -0.3 is 14.4 Å². The Balaban J connectivity index is 1.39. The molecule has 2 fully saturated rings. The highest BCUT2D eigenvalue weighted by atomic mass is 16.6. The normalized spacial score (nSPS) is 20.7. The Hall–Kier alpha value is -1.55. The highest BCUT2D eigenvalue weighted by molar-refractivity contribution is 5.68. The van der Waals surface area contributed by atoms with Gasteiger partial charge in [-0.25, -0.2) is 4.79 Å². The number of amides is 1. The van der Waals surface area contributed by atoms with Gasteiger partial charge >= 0.3 is 6.09 Å². The van der Waals surface area contributed by atoms with Crippen LogP contribution in [0.2, 0.25) is 0 Å². The summed E-state index contributed by atoms with van der Waals surface area (Å²) in [7, 11) is 0. The minimum atomic E-state index is -0.418. The third kappa shape index (κ3) is 4.29. The van der Waals surface area contributed by atoms with E-state index in [1.807, 2.05) is 43.9 Å². The third-order valence-electron chi connectivity index (χ3n) is 5.13. The highest BCUT2D eigenvalue weighted by Gasteiger charge is 2.47. The van der Waals surface area contributed by atoms with Gasteiger partial charge in [0.1, 0.15) is 5.60 Å². The fourth-order valence-corrected chi connectivity index (χ4v) is 3.71. The van der Waals surface area contributed by atoms with E-state index in [1.165, 1.54) is 5.56 Å². The molecule has 132 valence electrons. The maximum atomic E-state index is 12.1. The summed E-state index contributed by atoms with van der Waals surface area (Å²) >= 11 is 0. The standard InChI is InChI=1S/C20H29NO3/c1-19(2,3)24-18(22)21-11-9-20(10-12-21)13-17(14-20)23-15-16-7-5-4-6-8-16/h4-8,17H,9-15H2,1-3H3. The van der Waals surface area contributed by atoms with Crippen LogP contribution in [0.15, 0.2) is 30.3 Å². The van der Waals surface area contributed by atoms with Gasteiger partial charge in [-0.2, -0.15) is 0 Å². The lowest BCUT2D eigenvalue weighted by Crippen LogP contribution is -2.51. The molecule has 1 saturated carbocycles. The number of ether oxygens (including phenoxy) is 2. The highest BCUT2D eigenvalue weighted by Crippen LogP contribution is 2.50. The fraction of sp³-hybridized carbons (Fsp3) is 0.650. The second-order valence-electron chi connectivity index (χ2n) is 8.29. The number of likely N-dealkylation sites (tertiary alicyclic amines) is 1. The van der Waals surface area contributed by atoms with Crippen LogP contribution in [0.1, 0.15) is 52.0 Å². The summed E-state index contributed by atoms with van der Waals surface area (Å²) in [5.74, 6) is 0. The van der Waals surface area contributed by atoms with E-state index >= 15 is 0 Å². The monoisotopic (exact) mass is 331 g/mol. The van der Waals surface area contributed by atoms with E-state index in [1.54, 1.807) is 0 Å². The zero-order valence-corrected chi connectivity index (χ0v) is 15.1. The summed E-state index contributed by atoms with van der Waals surface area (Å²) in [6, 6.07) is 10.3. The first kappa shape index (κ1) is 17.3. The third-order valence-corrected chi connectivity index (χ3v) is 5.13. The number of hydrogen-bond acceptors (Lipinski definition) is 3. The minimum absolute atomic E-state index is 0.173. The molecule has 0 unspecified atom stereocenters. The second kappa shape index (κ2) is 6.75. The Morgan fingerprint density at radius 3 is 2.38 bits per heavy atom. The molecule has 4 heteroatoms. The largest absolute Gasteiger partial charge is 0.444 e. The number of carbonyl (C=O) groups is 1. The molecule has 0 bridgehead atoms. The topological polar surface area (TPSA) is 38.8 Å². The molecule has 1 aromatic rings. The van der Waals surface area contributed by atoms with Gasteiger partial charge in [0.25, 0.3) is 0 Å². The molecule has 1 spiro atoms. The first-order valence-electron chi connectivity index (χ1n) is 8.99. The summed E-state index contributed by atoms with van der Waals surface area (Å²) < 4.78 is 11.5.